The number of aryl methyl sites for hydroxylation is 1. The average molecular weight is 194 g/mol. The highest BCUT2D eigenvalue weighted by molar-refractivity contribution is 7.80. The minimum Gasteiger partial charge on any atom is -0.375 e. The Morgan fingerprint density at radius 1 is 1.77 bits per heavy atom. The number of nitrogens with two attached hydrogens (primary N) is 1. The lowest BCUT2D eigenvalue weighted by molar-refractivity contribution is 1.04. The van der Waals surface area contributed by atoms with Gasteiger partial charge in [0.15, 0.2) is 5.11 Å². The standard InChI is InChI=1S/C8H10N4S/c1-6-4-7(2-3-10-6)5-11-12-8(9)13/h2-5H,1H3,(H3,9,12,13)/b11-5+. The second-order valence-electron chi connectivity index (χ2n) is 2.46. The number of pyridine rings is 1. The van der Waals surface area contributed by atoms with Crippen LogP contribution in [0.1, 0.15) is 11.3 Å². The zero-order valence-corrected chi connectivity index (χ0v) is 8.01. The lowest BCUT2D eigenvalue weighted by Crippen LogP contribution is -2.23. The number of aromatic nitrogens is 1. The Kier molecular flexibility index (Phi) is 3.33. The Morgan fingerprint density at radius 3 is 3.15 bits per heavy atom. The van der Waals surface area contributed by atoms with E-state index in [2.05, 4.69) is 27.7 Å². The fraction of sp³-hybridized carbons (Fsp3) is 0.125. The first-order valence-electron chi connectivity index (χ1n) is 3.69. The molecular weight excluding hydrogens is 184 g/mol. The van der Waals surface area contributed by atoms with Crippen LogP contribution in [0.25, 0.3) is 0 Å². The van der Waals surface area contributed by atoms with E-state index in [-0.39, 0.29) is 5.11 Å². The summed E-state index contributed by atoms with van der Waals surface area (Å²) in [6.45, 7) is 1.92. The van der Waals surface area contributed by atoms with E-state index in [1.807, 2.05) is 19.1 Å². The molecule has 13 heavy (non-hydrogen) atoms. The van der Waals surface area contributed by atoms with Crippen LogP contribution in [0.2, 0.25) is 0 Å². The highest BCUT2D eigenvalue weighted by atomic mass is 32.1. The van der Waals surface area contributed by atoms with Crippen LogP contribution in [0.4, 0.5) is 0 Å². The van der Waals surface area contributed by atoms with E-state index in [1.165, 1.54) is 0 Å². The second-order valence-corrected chi connectivity index (χ2v) is 2.90. The van der Waals surface area contributed by atoms with Gasteiger partial charge < -0.3 is 5.73 Å². The molecule has 0 aliphatic heterocycles. The van der Waals surface area contributed by atoms with Crippen molar-refractivity contribution in [1.29, 1.82) is 0 Å². The molecule has 0 radical (unpaired) electrons. The summed E-state index contributed by atoms with van der Waals surface area (Å²) in [6, 6.07) is 3.75. The Bertz CT molecular complexity index is 335. The molecule has 0 saturated carbocycles. The van der Waals surface area contributed by atoms with Gasteiger partial charge in [-0.3, -0.25) is 10.4 Å². The van der Waals surface area contributed by atoms with Crippen molar-refractivity contribution in [3.05, 3.63) is 29.6 Å². The van der Waals surface area contributed by atoms with E-state index < -0.39 is 0 Å². The van der Waals surface area contributed by atoms with Crippen molar-refractivity contribution in [2.75, 3.05) is 0 Å². The molecule has 3 N–H and O–H groups in total. The Hall–Kier alpha value is -1.49. The third-order valence-corrected chi connectivity index (χ3v) is 1.40. The fourth-order valence-electron chi connectivity index (χ4n) is 0.818. The fourth-order valence-corrected chi connectivity index (χ4v) is 0.871. The van der Waals surface area contributed by atoms with Crippen LogP contribution in [-0.4, -0.2) is 16.3 Å². The summed E-state index contributed by atoms with van der Waals surface area (Å²) in [5.74, 6) is 0. The Balaban J connectivity index is 2.63. The first-order chi connectivity index (χ1) is 6.18. The topological polar surface area (TPSA) is 63.3 Å². The smallest absolute Gasteiger partial charge is 0.184 e. The van der Waals surface area contributed by atoms with Gasteiger partial charge in [0.25, 0.3) is 0 Å². The molecule has 0 aliphatic rings. The zero-order chi connectivity index (χ0) is 9.68. The molecule has 1 aromatic rings. The summed E-state index contributed by atoms with van der Waals surface area (Å²) in [5.41, 5.74) is 9.55. The SMILES string of the molecule is Cc1cc(/C=N/NC(N)=S)ccn1. The maximum Gasteiger partial charge on any atom is 0.184 e. The molecule has 0 bridgehead atoms. The van der Waals surface area contributed by atoms with Gasteiger partial charge in [-0.1, -0.05) is 0 Å². The monoisotopic (exact) mass is 194 g/mol. The Labute approximate surface area is 81.9 Å². The minimum absolute atomic E-state index is 0.155. The molecular formula is C8H10N4S. The predicted molar refractivity (Wildman–Crippen MR) is 56.5 cm³/mol. The number of hydrogen-bond donors (Lipinski definition) is 2. The third kappa shape index (κ3) is 3.62. The number of hydrogen-bond acceptors (Lipinski definition) is 3. The van der Waals surface area contributed by atoms with Crippen molar-refractivity contribution in [3.8, 4) is 0 Å². The zero-order valence-electron chi connectivity index (χ0n) is 7.19. The molecule has 4 nitrogen and oxygen atoms in total. The van der Waals surface area contributed by atoms with E-state index in [4.69, 9.17) is 5.73 Å². The largest absolute Gasteiger partial charge is 0.375 e. The third-order valence-electron chi connectivity index (χ3n) is 1.31. The quantitative estimate of drug-likeness (QED) is 0.410. The number of hydrazone groups is 1. The highest BCUT2D eigenvalue weighted by Gasteiger charge is 1.88. The van der Waals surface area contributed by atoms with Crippen LogP contribution < -0.4 is 11.2 Å². The van der Waals surface area contributed by atoms with Gasteiger partial charge in [-0.15, -0.1) is 0 Å². The summed E-state index contributed by atoms with van der Waals surface area (Å²) >= 11 is 4.58. The molecule has 0 atom stereocenters. The molecule has 1 heterocycles. The van der Waals surface area contributed by atoms with Gasteiger partial charge in [-0.2, -0.15) is 5.10 Å². The summed E-state index contributed by atoms with van der Waals surface area (Å²) in [6.07, 6.45) is 3.35. The minimum atomic E-state index is 0.155. The molecule has 1 aromatic heterocycles. The average Bonchev–Trinajstić information content (AvgIpc) is 2.03. The summed E-state index contributed by atoms with van der Waals surface area (Å²) < 4.78 is 0. The summed E-state index contributed by atoms with van der Waals surface area (Å²) in [7, 11) is 0. The van der Waals surface area contributed by atoms with Gasteiger partial charge >= 0.3 is 0 Å². The number of nitrogens with zero attached hydrogens (tertiary/aromatic N) is 2. The van der Waals surface area contributed by atoms with E-state index in [9.17, 15) is 0 Å². The molecule has 0 aliphatic carbocycles. The van der Waals surface area contributed by atoms with Gasteiger partial charge in [0.05, 0.1) is 6.21 Å². The number of rotatable bonds is 2. The molecule has 1 rings (SSSR count). The van der Waals surface area contributed by atoms with Gasteiger partial charge in [-0.05, 0) is 36.8 Å². The maximum atomic E-state index is 5.18. The first kappa shape index (κ1) is 9.60. The van der Waals surface area contributed by atoms with Gasteiger partial charge in [0.2, 0.25) is 0 Å². The van der Waals surface area contributed by atoms with Gasteiger partial charge in [0, 0.05) is 11.9 Å². The van der Waals surface area contributed by atoms with Crippen molar-refractivity contribution in [2.45, 2.75) is 6.92 Å². The second kappa shape index (κ2) is 4.51. The van der Waals surface area contributed by atoms with Crippen molar-refractivity contribution >= 4 is 23.5 Å². The normalized spacial score (nSPS) is 10.2. The van der Waals surface area contributed by atoms with Crippen LogP contribution in [0.5, 0.6) is 0 Å². The summed E-state index contributed by atoms with van der Waals surface area (Å²) in [5, 5.41) is 3.97. The van der Waals surface area contributed by atoms with E-state index in [0.29, 0.717) is 0 Å². The van der Waals surface area contributed by atoms with Crippen LogP contribution in [0, 0.1) is 6.92 Å². The molecule has 0 saturated heterocycles. The van der Waals surface area contributed by atoms with E-state index in [1.54, 1.807) is 12.4 Å². The molecule has 0 amide bonds. The lowest BCUT2D eigenvalue weighted by atomic mass is 10.2. The molecule has 0 aromatic carbocycles. The maximum absolute atomic E-state index is 5.18. The van der Waals surface area contributed by atoms with E-state index in [0.717, 1.165) is 11.3 Å². The van der Waals surface area contributed by atoms with Crippen molar-refractivity contribution in [3.63, 3.8) is 0 Å². The molecule has 0 unspecified atom stereocenters. The van der Waals surface area contributed by atoms with Crippen LogP contribution in [-0.2, 0) is 0 Å². The van der Waals surface area contributed by atoms with E-state index >= 15 is 0 Å². The molecule has 0 spiro atoms. The number of thiocarbonyl (C=S) groups is 1. The molecule has 68 valence electrons. The van der Waals surface area contributed by atoms with Crippen LogP contribution in [0.15, 0.2) is 23.4 Å². The van der Waals surface area contributed by atoms with Crippen LogP contribution in [0.3, 0.4) is 0 Å². The van der Waals surface area contributed by atoms with Gasteiger partial charge in [-0.25, -0.2) is 0 Å². The van der Waals surface area contributed by atoms with Gasteiger partial charge in [0.1, 0.15) is 0 Å². The predicted octanol–water partition coefficient (Wildman–Crippen LogP) is 0.557. The van der Waals surface area contributed by atoms with Crippen molar-refractivity contribution < 1.29 is 0 Å². The van der Waals surface area contributed by atoms with Crippen molar-refractivity contribution in [2.24, 2.45) is 10.8 Å². The number of nitrogens with one attached hydrogen (secondary N) is 1. The lowest BCUT2D eigenvalue weighted by Gasteiger charge is -1.95. The molecule has 0 fully saturated rings. The van der Waals surface area contributed by atoms with Crippen LogP contribution >= 0.6 is 12.2 Å². The molecule has 5 heteroatoms. The summed E-state index contributed by atoms with van der Waals surface area (Å²) in [4.78, 5) is 4.05. The van der Waals surface area contributed by atoms with Crippen molar-refractivity contribution in [1.82, 2.24) is 10.4 Å². The highest BCUT2D eigenvalue weighted by Crippen LogP contribution is 1.96. The Morgan fingerprint density at radius 2 is 2.54 bits per heavy atom. The first-order valence-corrected chi connectivity index (χ1v) is 4.10.